The van der Waals surface area contributed by atoms with Crippen molar-refractivity contribution in [3.63, 3.8) is 0 Å². The third-order valence-corrected chi connectivity index (χ3v) is 4.76. The van der Waals surface area contributed by atoms with Gasteiger partial charge < -0.3 is 5.32 Å². The highest BCUT2D eigenvalue weighted by Crippen LogP contribution is 2.24. The van der Waals surface area contributed by atoms with Gasteiger partial charge in [-0.25, -0.2) is 4.98 Å². The normalized spacial score (nSPS) is 16.5. The van der Waals surface area contributed by atoms with E-state index in [2.05, 4.69) is 47.6 Å². The smallest absolute Gasteiger partial charge is 0.107 e. The van der Waals surface area contributed by atoms with Gasteiger partial charge in [0.25, 0.3) is 0 Å². The molecule has 0 atom stereocenters. The lowest BCUT2D eigenvalue weighted by Crippen LogP contribution is -2.42. The Hall–Kier alpha value is -1.23. The molecule has 0 unspecified atom stereocenters. The Morgan fingerprint density at radius 3 is 2.75 bits per heavy atom. The van der Waals surface area contributed by atoms with Crippen LogP contribution in [0.1, 0.15) is 16.1 Å². The molecule has 0 bridgehead atoms. The van der Waals surface area contributed by atoms with Gasteiger partial charge in [-0.15, -0.1) is 11.3 Å². The second-order valence-electron chi connectivity index (χ2n) is 5.45. The predicted octanol–water partition coefficient (Wildman–Crippen LogP) is 2.83. The topological polar surface area (TPSA) is 28.2 Å². The summed E-state index contributed by atoms with van der Waals surface area (Å²) in [5.41, 5.74) is 5.02. The maximum atomic E-state index is 4.80. The molecule has 106 valence electrons. The summed E-state index contributed by atoms with van der Waals surface area (Å²) in [6.07, 6.45) is 0. The highest BCUT2D eigenvalue weighted by atomic mass is 32.1. The van der Waals surface area contributed by atoms with E-state index in [1.54, 1.807) is 11.3 Å². The second-order valence-corrected chi connectivity index (χ2v) is 6.39. The zero-order valence-corrected chi connectivity index (χ0v) is 13.0. The van der Waals surface area contributed by atoms with Crippen molar-refractivity contribution in [1.82, 2.24) is 15.2 Å². The van der Waals surface area contributed by atoms with E-state index in [9.17, 15) is 0 Å². The predicted molar refractivity (Wildman–Crippen MR) is 85.2 cm³/mol. The van der Waals surface area contributed by atoms with Gasteiger partial charge in [0.1, 0.15) is 5.01 Å². The molecule has 2 heterocycles. The third kappa shape index (κ3) is 3.08. The van der Waals surface area contributed by atoms with Crippen LogP contribution in [0, 0.1) is 13.8 Å². The Balaban J connectivity index is 1.73. The van der Waals surface area contributed by atoms with Gasteiger partial charge in [0, 0.05) is 37.1 Å². The number of hydrogen-bond acceptors (Lipinski definition) is 4. The van der Waals surface area contributed by atoms with Crippen molar-refractivity contribution in [2.75, 3.05) is 26.2 Å². The van der Waals surface area contributed by atoms with E-state index >= 15 is 0 Å². The van der Waals surface area contributed by atoms with Crippen molar-refractivity contribution >= 4 is 11.3 Å². The van der Waals surface area contributed by atoms with E-state index in [0.29, 0.717) is 0 Å². The molecule has 0 saturated carbocycles. The van der Waals surface area contributed by atoms with Crippen LogP contribution in [-0.2, 0) is 6.54 Å². The van der Waals surface area contributed by atoms with Gasteiger partial charge in [-0.1, -0.05) is 12.1 Å². The van der Waals surface area contributed by atoms with E-state index < -0.39 is 0 Å². The Bertz CT molecular complexity index is 585. The number of benzene rings is 1. The van der Waals surface area contributed by atoms with Crippen molar-refractivity contribution in [3.05, 3.63) is 39.7 Å². The number of hydrogen-bond donors (Lipinski definition) is 1. The molecule has 1 aliphatic rings. The Morgan fingerprint density at radius 2 is 2.00 bits per heavy atom. The number of rotatable bonds is 3. The molecule has 20 heavy (non-hydrogen) atoms. The molecule has 3 nitrogen and oxygen atoms in total. The first kappa shape index (κ1) is 13.7. The number of nitrogens with zero attached hydrogens (tertiary/aromatic N) is 2. The van der Waals surface area contributed by atoms with Crippen LogP contribution in [0.2, 0.25) is 0 Å². The molecule has 1 saturated heterocycles. The minimum atomic E-state index is 0.983. The van der Waals surface area contributed by atoms with Crippen LogP contribution in [0.25, 0.3) is 11.3 Å². The van der Waals surface area contributed by atoms with Gasteiger partial charge in [0.05, 0.1) is 12.2 Å². The Kier molecular flexibility index (Phi) is 4.15. The summed E-state index contributed by atoms with van der Waals surface area (Å²) in [6.45, 7) is 9.72. The maximum Gasteiger partial charge on any atom is 0.107 e. The van der Waals surface area contributed by atoms with Crippen LogP contribution < -0.4 is 5.32 Å². The lowest BCUT2D eigenvalue weighted by Gasteiger charge is -2.26. The number of nitrogens with one attached hydrogen (secondary N) is 1. The lowest BCUT2D eigenvalue weighted by atomic mass is 10.1. The monoisotopic (exact) mass is 287 g/mol. The molecule has 0 aliphatic carbocycles. The zero-order chi connectivity index (χ0) is 13.9. The summed E-state index contributed by atoms with van der Waals surface area (Å²) >= 11 is 1.77. The summed E-state index contributed by atoms with van der Waals surface area (Å²) in [7, 11) is 0. The summed E-state index contributed by atoms with van der Waals surface area (Å²) in [5, 5.41) is 6.79. The summed E-state index contributed by atoms with van der Waals surface area (Å²) in [4.78, 5) is 7.27. The molecule has 1 aliphatic heterocycles. The number of aryl methyl sites for hydroxylation is 2. The van der Waals surface area contributed by atoms with Crippen molar-refractivity contribution in [2.24, 2.45) is 0 Å². The number of piperazine rings is 1. The Labute approximate surface area is 124 Å². The van der Waals surface area contributed by atoms with Crippen LogP contribution in [0.4, 0.5) is 0 Å². The number of aromatic nitrogens is 1. The molecule has 1 aromatic carbocycles. The molecule has 0 amide bonds. The van der Waals surface area contributed by atoms with E-state index in [1.807, 2.05) is 0 Å². The first-order valence-electron chi connectivity index (χ1n) is 7.17. The van der Waals surface area contributed by atoms with Gasteiger partial charge in [-0.3, -0.25) is 4.90 Å². The molecule has 1 aromatic heterocycles. The van der Waals surface area contributed by atoms with Crippen LogP contribution in [0.5, 0.6) is 0 Å². The lowest BCUT2D eigenvalue weighted by molar-refractivity contribution is 0.233. The standard InChI is InChI=1S/C16H21N3S/c1-12-3-4-14(9-13(12)2)15-11-20-16(18-15)10-19-7-5-17-6-8-19/h3-4,9,11,17H,5-8,10H2,1-2H3. The van der Waals surface area contributed by atoms with E-state index in [0.717, 1.165) is 38.4 Å². The van der Waals surface area contributed by atoms with Gasteiger partial charge in [-0.2, -0.15) is 0 Å². The molecule has 3 rings (SSSR count). The maximum absolute atomic E-state index is 4.80. The minimum absolute atomic E-state index is 0.983. The summed E-state index contributed by atoms with van der Waals surface area (Å²) < 4.78 is 0. The fraction of sp³-hybridized carbons (Fsp3) is 0.438. The van der Waals surface area contributed by atoms with Gasteiger partial charge in [-0.05, 0) is 31.0 Å². The van der Waals surface area contributed by atoms with Crippen LogP contribution in [0.3, 0.4) is 0 Å². The zero-order valence-electron chi connectivity index (χ0n) is 12.1. The molecule has 2 aromatic rings. The fourth-order valence-corrected chi connectivity index (χ4v) is 3.32. The molecule has 1 N–H and O–H groups in total. The van der Waals surface area contributed by atoms with Crippen molar-refractivity contribution in [3.8, 4) is 11.3 Å². The largest absolute Gasteiger partial charge is 0.314 e. The Morgan fingerprint density at radius 1 is 1.20 bits per heavy atom. The van der Waals surface area contributed by atoms with Gasteiger partial charge in [0.2, 0.25) is 0 Å². The average molecular weight is 287 g/mol. The molecule has 0 spiro atoms. The molecular formula is C16H21N3S. The van der Waals surface area contributed by atoms with E-state index in [1.165, 1.54) is 21.7 Å². The van der Waals surface area contributed by atoms with Crippen LogP contribution >= 0.6 is 11.3 Å². The summed E-state index contributed by atoms with van der Waals surface area (Å²) in [6, 6.07) is 6.59. The highest BCUT2D eigenvalue weighted by molar-refractivity contribution is 7.09. The number of thiazole rings is 1. The average Bonchev–Trinajstić information content (AvgIpc) is 2.91. The van der Waals surface area contributed by atoms with Crippen LogP contribution in [-0.4, -0.2) is 36.1 Å². The van der Waals surface area contributed by atoms with Crippen molar-refractivity contribution in [1.29, 1.82) is 0 Å². The van der Waals surface area contributed by atoms with Crippen LogP contribution in [0.15, 0.2) is 23.6 Å². The van der Waals surface area contributed by atoms with Crippen molar-refractivity contribution in [2.45, 2.75) is 20.4 Å². The van der Waals surface area contributed by atoms with E-state index in [4.69, 9.17) is 4.98 Å². The van der Waals surface area contributed by atoms with Gasteiger partial charge in [0.15, 0.2) is 0 Å². The summed E-state index contributed by atoms with van der Waals surface area (Å²) in [5.74, 6) is 0. The second kappa shape index (κ2) is 6.04. The first-order chi connectivity index (χ1) is 9.72. The van der Waals surface area contributed by atoms with E-state index in [-0.39, 0.29) is 0 Å². The third-order valence-electron chi connectivity index (χ3n) is 3.92. The SMILES string of the molecule is Cc1ccc(-c2csc(CN3CCNCC3)n2)cc1C. The molecular weight excluding hydrogens is 266 g/mol. The van der Waals surface area contributed by atoms with Crippen molar-refractivity contribution < 1.29 is 0 Å². The first-order valence-corrected chi connectivity index (χ1v) is 8.05. The molecule has 1 fully saturated rings. The molecule has 0 radical (unpaired) electrons. The fourth-order valence-electron chi connectivity index (χ4n) is 2.48. The van der Waals surface area contributed by atoms with Gasteiger partial charge >= 0.3 is 0 Å². The molecule has 4 heteroatoms. The quantitative estimate of drug-likeness (QED) is 0.941. The minimum Gasteiger partial charge on any atom is -0.314 e. The highest BCUT2D eigenvalue weighted by Gasteiger charge is 2.12.